The lowest BCUT2D eigenvalue weighted by atomic mass is 10.0. The molecular formula is C41H48N6O4. The van der Waals surface area contributed by atoms with Crippen LogP contribution >= 0.6 is 0 Å². The molecule has 8 rings (SSSR count). The quantitative estimate of drug-likeness (QED) is 0.222. The van der Waals surface area contributed by atoms with Crippen molar-refractivity contribution in [2.75, 3.05) is 62.4 Å². The van der Waals surface area contributed by atoms with Crippen molar-refractivity contribution in [3.8, 4) is 0 Å². The molecule has 2 saturated heterocycles. The first-order chi connectivity index (χ1) is 25.2. The van der Waals surface area contributed by atoms with Gasteiger partial charge in [-0.15, -0.1) is 0 Å². The van der Waals surface area contributed by atoms with Gasteiger partial charge in [0.05, 0.1) is 38.5 Å². The number of morpholine rings is 2. The van der Waals surface area contributed by atoms with Crippen LogP contribution in [0.3, 0.4) is 0 Å². The van der Waals surface area contributed by atoms with E-state index in [4.69, 9.17) is 28.3 Å². The Hall–Kier alpha value is -4.48. The molecule has 3 aliphatic rings. The lowest BCUT2D eigenvalue weighted by molar-refractivity contribution is 0.120. The van der Waals surface area contributed by atoms with Gasteiger partial charge in [0.25, 0.3) is 0 Å². The topological polar surface area (TPSA) is 101 Å². The monoisotopic (exact) mass is 688 g/mol. The molecule has 0 aliphatic carbocycles. The highest BCUT2D eigenvalue weighted by Crippen LogP contribution is 2.32. The molecule has 0 amide bonds. The van der Waals surface area contributed by atoms with Crippen molar-refractivity contribution in [1.29, 1.82) is 0 Å². The summed E-state index contributed by atoms with van der Waals surface area (Å²) in [6.45, 7) is 7.25. The molecule has 3 aromatic carbocycles. The average molecular weight is 689 g/mol. The highest BCUT2D eigenvalue weighted by atomic mass is 16.5. The third-order valence-corrected chi connectivity index (χ3v) is 10.1. The molecule has 5 heterocycles. The van der Waals surface area contributed by atoms with Crippen LogP contribution in [0.4, 0.5) is 11.8 Å². The van der Waals surface area contributed by atoms with E-state index in [1.807, 2.05) is 0 Å². The minimum atomic E-state index is -0.0946. The summed E-state index contributed by atoms with van der Waals surface area (Å²) in [5.74, 6) is 3.20. The first kappa shape index (κ1) is 33.7. The van der Waals surface area contributed by atoms with Gasteiger partial charge in [-0.2, -0.15) is 0 Å². The number of oxazole rings is 2. The third-order valence-electron chi connectivity index (χ3n) is 10.1. The van der Waals surface area contributed by atoms with Crippen LogP contribution in [0.1, 0.15) is 63.9 Å². The second-order valence-electron chi connectivity index (χ2n) is 13.7. The molecule has 6 bridgehead atoms. The number of fused-ring (bicyclic) bond motifs is 6. The minimum absolute atomic E-state index is 0.0946. The summed E-state index contributed by atoms with van der Waals surface area (Å²) in [5, 5.41) is 7.66. The molecule has 3 aliphatic heterocycles. The molecule has 2 atom stereocenters. The van der Waals surface area contributed by atoms with Gasteiger partial charge in [0.15, 0.2) is 0 Å². The predicted octanol–water partition coefficient (Wildman–Crippen LogP) is 5.97. The molecule has 5 aromatic rings. The highest BCUT2D eigenvalue weighted by Gasteiger charge is 2.29. The largest absolute Gasteiger partial charge is 0.423 e. The Morgan fingerprint density at radius 1 is 0.569 bits per heavy atom. The number of ether oxygens (including phenoxy) is 2. The van der Waals surface area contributed by atoms with E-state index in [0.717, 1.165) is 93.2 Å². The number of nitrogens with zero attached hydrogens (tertiary/aromatic N) is 4. The molecule has 2 unspecified atom stereocenters. The molecule has 10 heteroatoms. The van der Waals surface area contributed by atoms with E-state index in [-0.39, 0.29) is 12.1 Å². The highest BCUT2D eigenvalue weighted by molar-refractivity contribution is 5.44. The fraction of sp³-hybridized carbons (Fsp3) is 0.415. The molecular weight excluding hydrogens is 640 g/mol. The van der Waals surface area contributed by atoms with Crippen LogP contribution in [0.5, 0.6) is 0 Å². The van der Waals surface area contributed by atoms with Crippen molar-refractivity contribution in [1.82, 2.24) is 20.6 Å². The Kier molecular flexibility index (Phi) is 10.7. The second kappa shape index (κ2) is 16.2. The minimum Gasteiger partial charge on any atom is -0.423 e. The first-order valence-electron chi connectivity index (χ1n) is 18.5. The van der Waals surface area contributed by atoms with Gasteiger partial charge in [0, 0.05) is 39.3 Å². The Labute approximate surface area is 300 Å². The first-order valence-corrected chi connectivity index (χ1v) is 18.5. The van der Waals surface area contributed by atoms with Crippen LogP contribution in [0.15, 0.2) is 93.8 Å². The number of aryl methyl sites for hydroxylation is 2. The lowest BCUT2D eigenvalue weighted by Crippen LogP contribution is -2.36. The summed E-state index contributed by atoms with van der Waals surface area (Å²) >= 11 is 0. The van der Waals surface area contributed by atoms with Crippen molar-refractivity contribution >= 4 is 11.8 Å². The fourth-order valence-corrected chi connectivity index (χ4v) is 7.32. The molecule has 2 aromatic heterocycles. The van der Waals surface area contributed by atoms with Crippen LogP contribution in [-0.2, 0) is 48.2 Å². The summed E-state index contributed by atoms with van der Waals surface area (Å²) in [5.41, 5.74) is 6.89. The molecule has 0 radical (unpaired) electrons. The third kappa shape index (κ3) is 8.37. The molecule has 0 spiro atoms. The Morgan fingerprint density at radius 3 is 1.47 bits per heavy atom. The van der Waals surface area contributed by atoms with E-state index in [9.17, 15) is 0 Å². The Morgan fingerprint density at radius 2 is 1.02 bits per heavy atom. The van der Waals surface area contributed by atoms with Crippen LogP contribution in [0, 0.1) is 0 Å². The summed E-state index contributed by atoms with van der Waals surface area (Å²) < 4.78 is 24.9. The van der Waals surface area contributed by atoms with Gasteiger partial charge < -0.3 is 38.7 Å². The second-order valence-corrected chi connectivity index (χ2v) is 13.7. The molecule has 51 heavy (non-hydrogen) atoms. The zero-order valence-corrected chi connectivity index (χ0v) is 29.3. The van der Waals surface area contributed by atoms with Crippen LogP contribution < -0.4 is 20.4 Å². The van der Waals surface area contributed by atoms with E-state index < -0.39 is 0 Å². The number of aromatic nitrogens is 2. The zero-order valence-electron chi connectivity index (χ0n) is 29.3. The van der Waals surface area contributed by atoms with E-state index in [2.05, 4.69) is 105 Å². The summed E-state index contributed by atoms with van der Waals surface area (Å²) in [4.78, 5) is 15.1. The van der Waals surface area contributed by atoms with Crippen molar-refractivity contribution in [2.24, 2.45) is 0 Å². The zero-order chi connectivity index (χ0) is 34.2. The maximum Gasteiger partial charge on any atom is 0.219 e. The summed E-state index contributed by atoms with van der Waals surface area (Å²) in [7, 11) is 0. The van der Waals surface area contributed by atoms with E-state index >= 15 is 0 Å². The summed E-state index contributed by atoms with van der Waals surface area (Å²) in [6, 6.07) is 29.8. The molecule has 266 valence electrons. The number of anilines is 2. The van der Waals surface area contributed by atoms with E-state index in [0.29, 0.717) is 39.5 Å². The number of nitrogens with one attached hydrogen (secondary N) is 2. The van der Waals surface area contributed by atoms with Gasteiger partial charge in [-0.3, -0.25) is 0 Å². The maximum absolute atomic E-state index is 6.76. The number of hydrogen-bond acceptors (Lipinski definition) is 10. The Balaban J connectivity index is 1.16. The van der Waals surface area contributed by atoms with Gasteiger partial charge in [-0.05, 0) is 54.4 Å². The standard InChI is InChI=1S/C41H48N6O4/c1-3-9-30(10-4-1)26-36-38-44-34(40(50-38)46-17-21-48-22-18-46)15-8-16-35-41(47-19-23-49-24-20-47)51-39(45-35)37(27-31-11-5-2-6-12-31)43-29-33-14-7-13-32(25-33)28-42-36/h1-7,9-14,25,36-37,42-43H,8,15-24,26-29H2. The number of benzene rings is 3. The SMILES string of the molecule is c1ccc(CC2NCc3cccc(c3)CNC(Cc3ccccc3)c3nc(c(N4CCOCC4)o3)CCCc3nc2oc3N2CCOCC2)cc1. The summed E-state index contributed by atoms with van der Waals surface area (Å²) in [6.07, 6.45) is 3.96. The van der Waals surface area contributed by atoms with Crippen molar-refractivity contribution in [3.05, 3.63) is 130 Å². The molecule has 10 nitrogen and oxygen atoms in total. The van der Waals surface area contributed by atoms with Crippen LogP contribution in [-0.4, -0.2) is 62.6 Å². The molecule has 2 N–H and O–H groups in total. The van der Waals surface area contributed by atoms with Crippen molar-refractivity contribution < 1.29 is 18.3 Å². The van der Waals surface area contributed by atoms with Gasteiger partial charge >= 0.3 is 0 Å². The van der Waals surface area contributed by atoms with E-state index in [1.165, 1.54) is 22.3 Å². The molecule has 2 fully saturated rings. The average Bonchev–Trinajstić information content (AvgIpc) is 3.81. The van der Waals surface area contributed by atoms with E-state index in [1.54, 1.807) is 0 Å². The fourth-order valence-electron chi connectivity index (χ4n) is 7.32. The smallest absolute Gasteiger partial charge is 0.219 e. The number of rotatable bonds is 6. The van der Waals surface area contributed by atoms with Gasteiger partial charge in [0.2, 0.25) is 23.5 Å². The van der Waals surface area contributed by atoms with Gasteiger partial charge in [-0.1, -0.05) is 84.9 Å². The van der Waals surface area contributed by atoms with Crippen LogP contribution in [0.25, 0.3) is 0 Å². The lowest BCUT2D eigenvalue weighted by Gasteiger charge is -2.27. The van der Waals surface area contributed by atoms with Gasteiger partial charge in [-0.25, -0.2) is 9.97 Å². The Bertz CT molecular complexity index is 1700. The normalized spacial score (nSPS) is 20.5. The van der Waals surface area contributed by atoms with Crippen molar-refractivity contribution in [3.63, 3.8) is 0 Å². The van der Waals surface area contributed by atoms with Crippen LogP contribution in [0.2, 0.25) is 0 Å². The number of hydrogen-bond donors (Lipinski definition) is 2. The predicted molar refractivity (Wildman–Crippen MR) is 197 cm³/mol. The maximum atomic E-state index is 6.76. The van der Waals surface area contributed by atoms with Gasteiger partial charge in [0.1, 0.15) is 11.4 Å². The van der Waals surface area contributed by atoms with Crippen molar-refractivity contribution in [2.45, 2.75) is 57.3 Å². The molecule has 0 saturated carbocycles.